The molecule has 2 aliphatic heterocycles. The summed E-state index contributed by atoms with van der Waals surface area (Å²) in [5.74, 6) is 0.511. The van der Waals surface area contributed by atoms with Crippen LogP contribution in [-0.4, -0.2) is 50.8 Å². The van der Waals surface area contributed by atoms with E-state index in [1.54, 1.807) is 18.3 Å². The molecule has 1 spiro atoms. The second-order valence-electron chi connectivity index (χ2n) is 8.85. The molecule has 2 fully saturated rings. The maximum absolute atomic E-state index is 13.9. The van der Waals surface area contributed by atoms with Gasteiger partial charge in [0.25, 0.3) is 0 Å². The summed E-state index contributed by atoms with van der Waals surface area (Å²) in [5, 5.41) is 7.36. The van der Waals surface area contributed by atoms with Crippen LogP contribution in [0.25, 0.3) is 0 Å². The molecule has 1 aromatic heterocycles. The van der Waals surface area contributed by atoms with E-state index in [1.807, 2.05) is 30.9 Å². The highest BCUT2D eigenvalue weighted by atomic mass is 19.1. The lowest BCUT2D eigenvalue weighted by atomic mass is 9.84. The van der Waals surface area contributed by atoms with Crippen molar-refractivity contribution in [3.05, 3.63) is 59.7 Å². The first kappa shape index (κ1) is 21.6. The van der Waals surface area contributed by atoms with Crippen molar-refractivity contribution in [2.45, 2.75) is 58.0 Å². The van der Waals surface area contributed by atoms with Crippen molar-refractivity contribution < 1.29 is 9.18 Å². The second kappa shape index (κ2) is 8.83. The van der Waals surface area contributed by atoms with Gasteiger partial charge in [-0.2, -0.15) is 4.68 Å². The fourth-order valence-electron chi connectivity index (χ4n) is 5.00. The summed E-state index contributed by atoms with van der Waals surface area (Å²) in [6, 6.07) is 7.21. The van der Waals surface area contributed by atoms with Crippen LogP contribution >= 0.6 is 0 Å². The molecule has 0 radical (unpaired) electrons. The van der Waals surface area contributed by atoms with Crippen LogP contribution < -0.4 is 5.32 Å². The van der Waals surface area contributed by atoms with Gasteiger partial charge in [0, 0.05) is 43.1 Å². The minimum Gasteiger partial charge on any atom is -0.343 e. The van der Waals surface area contributed by atoms with Crippen molar-refractivity contribution in [3.8, 4) is 0 Å². The zero-order valence-corrected chi connectivity index (χ0v) is 18.5. The number of carbonyl (C=O) groups is 1. The number of anilines is 1. The SMILES string of the molecule is C=C(C)Nc1ccn(C(=O)N2CCC3(CCCN3Cc3ccc(F)c(CC)c3)CC2)n1. The van der Waals surface area contributed by atoms with E-state index >= 15 is 0 Å². The lowest BCUT2D eigenvalue weighted by Crippen LogP contribution is -2.53. The molecule has 31 heavy (non-hydrogen) atoms. The lowest BCUT2D eigenvalue weighted by molar-refractivity contribution is 0.0584. The van der Waals surface area contributed by atoms with Crippen LogP contribution in [0.3, 0.4) is 0 Å². The van der Waals surface area contributed by atoms with Gasteiger partial charge in [-0.1, -0.05) is 25.6 Å². The van der Waals surface area contributed by atoms with Crippen molar-refractivity contribution in [2.75, 3.05) is 25.0 Å². The summed E-state index contributed by atoms with van der Waals surface area (Å²) >= 11 is 0. The van der Waals surface area contributed by atoms with Crippen molar-refractivity contribution in [1.29, 1.82) is 0 Å². The molecule has 0 bridgehead atoms. The number of carbonyl (C=O) groups excluding carboxylic acids is 1. The van der Waals surface area contributed by atoms with Gasteiger partial charge in [-0.3, -0.25) is 4.90 Å². The van der Waals surface area contributed by atoms with E-state index in [2.05, 4.69) is 21.9 Å². The monoisotopic (exact) mass is 425 g/mol. The normalized spacial score (nSPS) is 18.5. The first-order valence-corrected chi connectivity index (χ1v) is 11.2. The molecule has 2 saturated heterocycles. The summed E-state index contributed by atoms with van der Waals surface area (Å²) in [4.78, 5) is 17.4. The van der Waals surface area contributed by atoms with Crippen LogP contribution in [-0.2, 0) is 13.0 Å². The number of rotatable bonds is 5. The van der Waals surface area contributed by atoms with E-state index < -0.39 is 0 Å². The Labute approximate surface area is 183 Å². The number of amides is 1. The Balaban J connectivity index is 1.40. The molecular formula is C24H32FN5O. The van der Waals surface area contributed by atoms with Gasteiger partial charge in [-0.25, -0.2) is 9.18 Å². The summed E-state index contributed by atoms with van der Waals surface area (Å²) in [5.41, 5.74) is 2.87. The van der Waals surface area contributed by atoms with Gasteiger partial charge in [0.15, 0.2) is 5.82 Å². The molecule has 4 rings (SSSR count). The molecule has 0 atom stereocenters. The minimum atomic E-state index is -0.116. The van der Waals surface area contributed by atoms with E-state index in [-0.39, 0.29) is 17.4 Å². The molecule has 1 amide bonds. The average Bonchev–Trinajstić information content (AvgIpc) is 3.36. The van der Waals surface area contributed by atoms with Crippen LogP contribution in [0.4, 0.5) is 15.0 Å². The summed E-state index contributed by atoms with van der Waals surface area (Å²) < 4.78 is 15.3. The number of likely N-dealkylation sites (tertiary alicyclic amines) is 2. The van der Waals surface area contributed by atoms with Gasteiger partial charge in [-0.15, -0.1) is 5.10 Å². The fourth-order valence-corrected chi connectivity index (χ4v) is 5.00. The van der Waals surface area contributed by atoms with Gasteiger partial charge >= 0.3 is 6.03 Å². The Hall–Kier alpha value is -2.67. The number of piperidine rings is 1. The van der Waals surface area contributed by atoms with E-state index in [1.165, 1.54) is 16.7 Å². The van der Waals surface area contributed by atoms with Crippen LogP contribution in [0.1, 0.15) is 50.7 Å². The number of benzene rings is 1. The summed E-state index contributed by atoms with van der Waals surface area (Å²) in [6.45, 7) is 11.0. The maximum atomic E-state index is 13.9. The Kier molecular flexibility index (Phi) is 6.14. The van der Waals surface area contributed by atoms with Gasteiger partial charge < -0.3 is 10.2 Å². The predicted octanol–water partition coefficient (Wildman–Crippen LogP) is 4.63. The van der Waals surface area contributed by atoms with Crippen molar-refractivity contribution in [2.24, 2.45) is 0 Å². The van der Waals surface area contributed by atoms with Gasteiger partial charge in [0.1, 0.15) is 5.82 Å². The van der Waals surface area contributed by atoms with Crippen LogP contribution in [0.5, 0.6) is 0 Å². The molecule has 0 aliphatic carbocycles. The zero-order valence-electron chi connectivity index (χ0n) is 18.5. The number of allylic oxidation sites excluding steroid dienone is 1. The van der Waals surface area contributed by atoms with E-state index in [0.29, 0.717) is 12.2 Å². The molecule has 0 saturated carbocycles. The third-order valence-electron chi connectivity index (χ3n) is 6.70. The lowest BCUT2D eigenvalue weighted by Gasteiger charge is -2.45. The smallest absolute Gasteiger partial charge is 0.343 e. The highest BCUT2D eigenvalue weighted by Crippen LogP contribution is 2.39. The van der Waals surface area contributed by atoms with E-state index in [0.717, 1.165) is 56.7 Å². The van der Waals surface area contributed by atoms with Crippen LogP contribution in [0, 0.1) is 5.82 Å². The molecular weight excluding hydrogens is 393 g/mol. The Morgan fingerprint density at radius 1 is 1.23 bits per heavy atom. The highest BCUT2D eigenvalue weighted by Gasteiger charge is 2.43. The van der Waals surface area contributed by atoms with Gasteiger partial charge in [0.05, 0.1) is 0 Å². The molecule has 1 N–H and O–H groups in total. The second-order valence-corrected chi connectivity index (χ2v) is 8.85. The molecule has 0 unspecified atom stereocenters. The number of aromatic nitrogens is 2. The van der Waals surface area contributed by atoms with Gasteiger partial charge in [-0.05, 0) is 62.8 Å². The zero-order chi connectivity index (χ0) is 22.0. The molecule has 7 heteroatoms. The number of hydrogen-bond donors (Lipinski definition) is 1. The molecule has 1 aromatic carbocycles. The Morgan fingerprint density at radius 2 is 2.00 bits per heavy atom. The quantitative estimate of drug-likeness (QED) is 0.759. The minimum absolute atomic E-state index is 0.0831. The number of hydrogen-bond acceptors (Lipinski definition) is 4. The summed E-state index contributed by atoms with van der Waals surface area (Å²) in [7, 11) is 0. The van der Waals surface area contributed by atoms with Gasteiger partial charge in [0.2, 0.25) is 0 Å². The Bertz CT molecular complexity index is 961. The number of nitrogens with one attached hydrogen (secondary N) is 1. The topological polar surface area (TPSA) is 53.4 Å². The van der Waals surface area contributed by atoms with Crippen LogP contribution in [0.15, 0.2) is 42.7 Å². The number of aryl methyl sites for hydroxylation is 1. The molecule has 166 valence electrons. The molecule has 2 aliphatic rings. The third kappa shape index (κ3) is 4.51. The largest absolute Gasteiger partial charge is 0.344 e. The molecule has 2 aromatic rings. The average molecular weight is 426 g/mol. The van der Waals surface area contributed by atoms with Crippen molar-refractivity contribution >= 4 is 11.8 Å². The van der Waals surface area contributed by atoms with Crippen molar-refractivity contribution in [1.82, 2.24) is 19.6 Å². The molecule has 3 heterocycles. The predicted molar refractivity (Wildman–Crippen MR) is 120 cm³/mol. The van der Waals surface area contributed by atoms with Crippen LogP contribution in [0.2, 0.25) is 0 Å². The fraction of sp³-hybridized carbons (Fsp3) is 0.500. The maximum Gasteiger partial charge on any atom is 0.344 e. The molecule has 6 nitrogen and oxygen atoms in total. The number of halogens is 1. The third-order valence-corrected chi connectivity index (χ3v) is 6.70. The number of nitrogens with zero attached hydrogens (tertiary/aromatic N) is 4. The van der Waals surface area contributed by atoms with Crippen molar-refractivity contribution in [3.63, 3.8) is 0 Å². The standard InChI is InChI=1S/C24H32FN5O/c1-4-20-16-19(6-7-21(20)25)17-29-12-5-9-24(29)10-14-28(15-11-24)23(31)30-13-8-22(27-30)26-18(2)3/h6-8,13,16H,2,4-5,9-12,14-15,17H2,1,3H3,(H,26,27). The first-order valence-electron chi connectivity index (χ1n) is 11.2. The van der Waals surface area contributed by atoms with E-state index in [9.17, 15) is 9.18 Å². The highest BCUT2D eigenvalue weighted by molar-refractivity contribution is 5.76. The first-order chi connectivity index (χ1) is 14.9. The Morgan fingerprint density at radius 3 is 2.71 bits per heavy atom. The summed E-state index contributed by atoms with van der Waals surface area (Å²) in [6.07, 6.45) is 6.65. The van der Waals surface area contributed by atoms with E-state index in [4.69, 9.17) is 0 Å².